The average Bonchev–Trinajstić information content (AvgIpc) is 3.30. The van der Waals surface area contributed by atoms with Crippen LogP contribution < -0.4 is 4.74 Å². The maximum Gasteiger partial charge on any atom is 0.201 e. The third kappa shape index (κ3) is 3.17. The average molecular weight is 402 g/mol. The number of hydrogen-bond donors (Lipinski definition) is 0. The van der Waals surface area contributed by atoms with E-state index < -0.39 is 23.3 Å². The van der Waals surface area contributed by atoms with Crippen LogP contribution in [0.25, 0.3) is 16.7 Å². The summed E-state index contributed by atoms with van der Waals surface area (Å²) in [6.07, 6.45) is 6.65. The first kappa shape index (κ1) is 19.7. The van der Waals surface area contributed by atoms with Crippen molar-refractivity contribution in [3.63, 3.8) is 0 Å². The van der Waals surface area contributed by atoms with Gasteiger partial charge in [0.25, 0.3) is 0 Å². The fraction of sp³-hybridized carbons (Fsp3) is 0.333. The van der Waals surface area contributed by atoms with Crippen LogP contribution in [0.3, 0.4) is 0 Å². The van der Waals surface area contributed by atoms with Crippen molar-refractivity contribution in [1.29, 1.82) is 0 Å². The van der Waals surface area contributed by atoms with Gasteiger partial charge in [0.05, 0.1) is 6.61 Å². The highest BCUT2D eigenvalue weighted by molar-refractivity contribution is 5.75. The van der Waals surface area contributed by atoms with E-state index in [1.807, 2.05) is 12.2 Å². The summed E-state index contributed by atoms with van der Waals surface area (Å²) >= 11 is 0. The molecule has 0 aliphatic heterocycles. The number of benzene rings is 2. The Kier molecular flexibility index (Phi) is 5.24. The van der Waals surface area contributed by atoms with Gasteiger partial charge in [0.1, 0.15) is 0 Å². The molecule has 0 radical (unpaired) electrons. The summed E-state index contributed by atoms with van der Waals surface area (Å²) in [6.45, 7) is 5.68. The van der Waals surface area contributed by atoms with E-state index in [4.69, 9.17) is 4.74 Å². The van der Waals surface area contributed by atoms with Crippen molar-refractivity contribution < 1.29 is 22.3 Å². The first-order valence-electron chi connectivity index (χ1n) is 9.90. The van der Waals surface area contributed by atoms with Crippen molar-refractivity contribution in [3.8, 4) is 16.9 Å². The van der Waals surface area contributed by atoms with Gasteiger partial charge in [0.15, 0.2) is 23.2 Å². The molecule has 0 bridgehead atoms. The van der Waals surface area contributed by atoms with Crippen molar-refractivity contribution in [2.24, 2.45) is 17.8 Å². The molecule has 0 amide bonds. The molecule has 2 aliphatic carbocycles. The van der Waals surface area contributed by atoms with Gasteiger partial charge in [0.2, 0.25) is 5.82 Å². The molecule has 1 nitrogen and oxygen atoms in total. The Morgan fingerprint density at radius 2 is 1.55 bits per heavy atom. The number of rotatable bonds is 5. The first-order chi connectivity index (χ1) is 14.0. The van der Waals surface area contributed by atoms with Crippen LogP contribution in [0.4, 0.5) is 17.6 Å². The molecule has 2 aromatic carbocycles. The molecule has 4 rings (SSSR count). The van der Waals surface area contributed by atoms with Crippen LogP contribution in [0.5, 0.6) is 5.75 Å². The molecule has 2 aromatic rings. The van der Waals surface area contributed by atoms with Gasteiger partial charge in [-0.05, 0) is 61.6 Å². The second kappa shape index (κ2) is 7.69. The van der Waals surface area contributed by atoms with Crippen LogP contribution in [0.15, 0.2) is 43.0 Å². The largest absolute Gasteiger partial charge is 0.491 e. The molecule has 29 heavy (non-hydrogen) atoms. The normalized spacial score (nSPS) is 23.1. The van der Waals surface area contributed by atoms with Crippen molar-refractivity contribution in [2.45, 2.75) is 26.2 Å². The monoisotopic (exact) mass is 402 g/mol. The summed E-state index contributed by atoms with van der Waals surface area (Å²) in [6, 6.07) is 5.22. The van der Waals surface area contributed by atoms with Gasteiger partial charge in [-0.1, -0.05) is 24.3 Å². The Morgan fingerprint density at radius 1 is 0.931 bits per heavy atom. The van der Waals surface area contributed by atoms with Crippen molar-refractivity contribution in [1.82, 2.24) is 0 Å². The van der Waals surface area contributed by atoms with Crippen LogP contribution in [0, 0.1) is 41.0 Å². The summed E-state index contributed by atoms with van der Waals surface area (Å²) in [5, 5.41) is 0. The van der Waals surface area contributed by atoms with Crippen molar-refractivity contribution >= 4 is 5.57 Å². The molecule has 5 heteroatoms. The van der Waals surface area contributed by atoms with Crippen LogP contribution in [0.1, 0.15) is 31.7 Å². The SMILES string of the molecule is C=CC1CCC2C(c3ccc(-c4ccc(OCC)c(F)c4F)c(F)c3F)=CCC12. The molecule has 0 N–H and O–H groups in total. The smallest absolute Gasteiger partial charge is 0.201 e. The number of fused-ring (bicyclic) bond motifs is 1. The van der Waals surface area contributed by atoms with E-state index in [2.05, 4.69) is 6.58 Å². The van der Waals surface area contributed by atoms with Gasteiger partial charge < -0.3 is 4.74 Å². The fourth-order valence-electron chi connectivity index (χ4n) is 4.83. The first-order valence-corrected chi connectivity index (χ1v) is 9.90. The van der Waals surface area contributed by atoms with E-state index in [0.717, 1.165) is 24.8 Å². The molecule has 2 aliphatic rings. The highest BCUT2D eigenvalue weighted by atomic mass is 19.2. The second-order valence-electron chi connectivity index (χ2n) is 7.60. The summed E-state index contributed by atoms with van der Waals surface area (Å²) in [4.78, 5) is 0. The zero-order valence-corrected chi connectivity index (χ0v) is 16.2. The molecular formula is C24H22F4O. The van der Waals surface area contributed by atoms with E-state index in [0.29, 0.717) is 11.8 Å². The van der Waals surface area contributed by atoms with Crippen LogP contribution in [-0.4, -0.2) is 6.61 Å². The van der Waals surface area contributed by atoms with E-state index in [1.54, 1.807) is 6.92 Å². The summed E-state index contributed by atoms with van der Waals surface area (Å²) in [7, 11) is 0. The predicted molar refractivity (Wildman–Crippen MR) is 105 cm³/mol. The third-order valence-corrected chi connectivity index (χ3v) is 6.22. The fourth-order valence-corrected chi connectivity index (χ4v) is 4.83. The van der Waals surface area contributed by atoms with Crippen molar-refractivity contribution in [3.05, 3.63) is 71.8 Å². The number of ether oxygens (including phenoxy) is 1. The zero-order valence-electron chi connectivity index (χ0n) is 16.2. The summed E-state index contributed by atoms with van der Waals surface area (Å²) < 4.78 is 63.6. The highest BCUT2D eigenvalue weighted by Gasteiger charge is 2.40. The van der Waals surface area contributed by atoms with Gasteiger partial charge in [0, 0.05) is 16.7 Å². The lowest BCUT2D eigenvalue weighted by Crippen LogP contribution is -2.10. The van der Waals surface area contributed by atoms with Crippen LogP contribution >= 0.6 is 0 Å². The molecule has 0 aromatic heterocycles. The molecular weight excluding hydrogens is 380 g/mol. The van der Waals surface area contributed by atoms with Gasteiger partial charge in [-0.2, -0.15) is 4.39 Å². The molecule has 0 heterocycles. The molecule has 152 valence electrons. The minimum atomic E-state index is -1.26. The summed E-state index contributed by atoms with van der Waals surface area (Å²) in [5.74, 6) is -3.98. The highest BCUT2D eigenvalue weighted by Crippen LogP contribution is 2.52. The Morgan fingerprint density at radius 3 is 2.24 bits per heavy atom. The minimum Gasteiger partial charge on any atom is -0.491 e. The zero-order chi connectivity index (χ0) is 20.7. The lowest BCUT2D eigenvalue weighted by Gasteiger charge is -2.18. The number of hydrogen-bond acceptors (Lipinski definition) is 1. The quantitative estimate of drug-likeness (QED) is 0.389. The maximum atomic E-state index is 15.0. The predicted octanol–water partition coefficient (Wildman–Crippen LogP) is 6.92. The topological polar surface area (TPSA) is 9.23 Å². The van der Waals surface area contributed by atoms with Gasteiger partial charge >= 0.3 is 0 Å². The molecule has 0 saturated heterocycles. The van der Waals surface area contributed by atoms with E-state index >= 15 is 0 Å². The number of allylic oxidation sites excluding steroid dienone is 3. The van der Waals surface area contributed by atoms with E-state index in [1.165, 1.54) is 24.3 Å². The molecule has 3 atom stereocenters. The minimum absolute atomic E-state index is 0.164. The van der Waals surface area contributed by atoms with E-state index in [9.17, 15) is 17.6 Å². The Bertz CT molecular complexity index is 995. The molecule has 3 unspecified atom stereocenters. The third-order valence-electron chi connectivity index (χ3n) is 6.22. The molecule has 1 fully saturated rings. The Balaban J connectivity index is 1.71. The standard InChI is InChI=1S/C24H22F4O/c1-3-13-5-6-15-14(13)7-8-16(15)17-9-10-18(22(26)21(17)25)19-11-12-20(29-4-2)24(28)23(19)27/h3,8-15H,1,4-7H2,2H3. The Hall–Kier alpha value is -2.56. The second-order valence-corrected chi connectivity index (χ2v) is 7.60. The van der Waals surface area contributed by atoms with Gasteiger partial charge in [-0.15, -0.1) is 6.58 Å². The number of halogens is 4. The molecule has 0 spiro atoms. The summed E-state index contributed by atoms with van der Waals surface area (Å²) in [5.41, 5.74) is 0.368. The van der Waals surface area contributed by atoms with Gasteiger partial charge in [-0.25, -0.2) is 13.2 Å². The van der Waals surface area contributed by atoms with Crippen molar-refractivity contribution in [2.75, 3.05) is 6.61 Å². The Labute approximate surface area is 167 Å². The van der Waals surface area contributed by atoms with Crippen LogP contribution in [-0.2, 0) is 0 Å². The lowest BCUT2D eigenvalue weighted by molar-refractivity contribution is 0.314. The molecule has 1 saturated carbocycles. The van der Waals surface area contributed by atoms with Crippen LogP contribution in [0.2, 0.25) is 0 Å². The van der Waals surface area contributed by atoms with E-state index in [-0.39, 0.29) is 35.0 Å². The van der Waals surface area contributed by atoms with Gasteiger partial charge in [-0.3, -0.25) is 0 Å². The lowest BCUT2D eigenvalue weighted by atomic mass is 9.86. The maximum absolute atomic E-state index is 15.0.